The van der Waals surface area contributed by atoms with Crippen LogP contribution in [0.1, 0.15) is 17.9 Å². The zero-order chi connectivity index (χ0) is 12.3. The number of rotatable bonds is 3. The van der Waals surface area contributed by atoms with Crippen molar-refractivity contribution in [3.63, 3.8) is 0 Å². The van der Waals surface area contributed by atoms with Crippen LogP contribution in [0.5, 0.6) is 5.75 Å². The maximum atomic E-state index is 13.6. The molecule has 17 heavy (non-hydrogen) atoms. The topological polar surface area (TPSA) is 45.0 Å². The van der Waals surface area contributed by atoms with Crippen LogP contribution in [0.4, 0.5) is 4.39 Å². The Kier molecular flexibility index (Phi) is 3.60. The van der Waals surface area contributed by atoms with Gasteiger partial charge >= 0.3 is 0 Å². The van der Waals surface area contributed by atoms with E-state index < -0.39 is 5.82 Å². The number of hydrogen-bond acceptors (Lipinski definition) is 3. The summed E-state index contributed by atoms with van der Waals surface area (Å²) in [7, 11) is 1.43. The van der Waals surface area contributed by atoms with E-state index in [0.717, 1.165) is 25.1 Å². The lowest BCUT2D eigenvalue weighted by atomic mass is 9.86. The molecule has 1 aromatic carbocycles. The highest BCUT2D eigenvalue weighted by atomic mass is 19.1. The second kappa shape index (κ2) is 5.15. The quantitative estimate of drug-likeness (QED) is 0.870. The fourth-order valence-corrected chi connectivity index (χ4v) is 2.29. The van der Waals surface area contributed by atoms with Crippen molar-refractivity contribution in [2.24, 2.45) is 5.92 Å². The van der Waals surface area contributed by atoms with Gasteiger partial charge in [-0.15, -0.1) is 0 Å². The summed E-state index contributed by atoms with van der Waals surface area (Å²) in [4.78, 5) is 0. The number of nitriles is 1. The average molecular weight is 234 g/mol. The largest absolute Gasteiger partial charge is 0.494 e. The van der Waals surface area contributed by atoms with Crippen molar-refractivity contribution >= 4 is 0 Å². The predicted molar refractivity (Wildman–Crippen MR) is 62.3 cm³/mol. The van der Waals surface area contributed by atoms with E-state index in [1.165, 1.54) is 13.2 Å². The SMILES string of the molecule is COc1ccc(C(C#N)C2CCNC2)cc1F. The van der Waals surface area contributed by atoms with E-state index in [-0.39, 0.29) is 17.6 Å². The molecule has 1 aromatic rings. The number of benzene rings is 1. The number of nitrogens with one attached hydrogen (secondary N) is 1. The Morgan fingerprint density at radius 3 is 2.94 bits per heavy atom. The van der Waals surface area contributed by atoms with Crippen LogP contribution in [0.25, 0.3) is 0 Å². The van der Waals surface area contributed by atoms with Gasteiger partial charge in [-0.3, -0.25) is 0 Å². The molecular formula is C13H15FN2O. The number of hydrogen-bond donors (Lipinski definition) is 1. The lowest BCUT2D eigenvalue weighted by Gasteiger charge is -2.16. The lowest BCUT2D eigenvalue weighted by Crippen LogP contribution is -2.15. The highest BCUT2D eigenvalue weighted by Gasteiger charge is 2.26. The number of halogens is 1. The first-order valence-electron chi connectivity index (χ1n) is 5.70. The molecule has 2 atom stereocenters. The number of methoxy groups -OCH3 is 1. The molecule has 2 rings (SSSR count). The summed E-state index contributed by atoms with van der Waals surface area (Å²) >= 11 is 0. The van der Waals surface area contributed by atoms with Crippen LogP contribution in [0.2, 0.25) is 0 Å². The van der Waals surface area contributed by atoms with Crippen LogP contribution in [0, 0.1) is 23.1 Å². The molecular weight excluding hydrogens is 219 g/mol. The van der Waals surface area contributed by atoms with Gasteiger partial charge in [0.15, 0.2) is 11.6 Å². The molecule has 0 amide bonds. The molecule has 4 heteroatoms. The predicted octanol–water partition coefficient (Wildman–Crippen LogP) is 2.05. The molecule has 2 unspecified atom stereocenters. The number of nitrogens with zero attached hydrogens (tertiary/aromatic N) is 1. The molecule has 90 valence electrons. The maximum Gasteiger partial charge on any atom is 0.165 e. The summed E-state index contributed by atoms with van der Waals surface area (Å²) in [6, 6.07) is 7.04. The molecule has 0 aromatic heterocycles. The van der Waals surface area contributed by atoms with E-state index in [1.54, 1.807) is 12.1 Å². The van der Waals surface area contributed by atoms with Crippen LogP contribution in [0.3, 0.4) is 0 Å². The van der Waals surface area contributed by atoms with Gasteiger partial charge in [-0.05, 0) is 43.1 Å². The Morgan fingerprint density at radius 1 is 1.59 bits per heavy atom. The van der Waals surface area contributed by atoms with Gasteiger partial charge in [0.2, 0.25) is 0 Å². The average Bonchev–Trinajstić information content (AvgIpc) is 2.84. The summed E-state index contributed by atoms with van der Waals surface area (Å²) < 4.78 is 18.5. The van der Waals surface area contributed by atoms with Gasteiger partial charge in [-0.1, -0.05) is 6.07 Å². The third-order valence-electron chi connectivity index (χ3n) is 3.24. The zero-order valence-electron chi connectivity index (χ0n) is 9.74. The monoisotopic (exact) mass is 234 g/mol. The Hall–Kier alpha value is -1.60. The standard InChI is InChI=1S/C13H15FN2O/c1-17-13-3-2-9(6-12(13)14)11(7-15)10-4-5-16-8-10/h2-3,6,10-11,16H,4-5,8H2,1H3. The van der Waals surface area contributed by atoms with Gasteiger partial charge in [-0.2, -0.15) is 5.26 Å². The van der Waals surface area contributed by atoms with E-state index in [9.17, 15) is 9.65 Å². The van der Waals surface area contributed by atoms with Crippen LogP contribution in [-0.2, 0) is 0 Å². The minimum Gasteiger partial charge on any atom is -0.494 e. The van der Waals surface area contributed by atoms with Gasteiger partial charge in [0.05, 0.1) is 19.1 Å². The minimum absolute atomic E-state index is 0.218. The Balaban J connectivity index is 2.25. The summed E-state index contributed by atoms with van der Waals surface area (Å²) in [6.07, 6.45) is 0.964. The maximum absolute atomic E-state index is 13.6. The molecule has 1 fully saturated rings. The molecule has 1 aliphatic heterocycles. The molecule has 0 saturated carbocycles. The highest BCUT2D eigenvalue weighted by molar-refractivity contribution is 5.34. The van der Waals surface area contributed by atoms with Gasteiger partial charge in [0, 0.05) is 0 Å². The number of ether oxygens (including phenoxy) is 1. The first kappa shape index (κ1) is 11.9. The molecule has 1 heterocycles. The van der Waals surface area contributed by atoms with E-state index in [1.807, 2.05) is 0 Å². The fraction of sp³-hybridized carbons (Fsp3) is 0.462. The summed E-state index contributed by atoms with van der Waals surface area (Å²) in [5.74, 6) is -0.163. The van der Waals surface area contributed by atoms with Crippen molar-refractivity contribution < 1.29 is 9.13 Å². The molecule has 0 spiro atoms. The highest BCUT2D eigenvalue weighted by Crippen LogP contribution is 2.30. The first-order chi connectivity index (χ1) is 8.26. The van der Waals surface area contributed by atoms with Gasteiger partial charge in [0.25, 0.3) is 0 Å². The van der Waals surface area contributed by atoms with Crippen LogP contribution in [-0.4, -0.2) is 20.2 Å². The van der Waals surface area contributed by atoms with Crippen molar-refractivity contribution in [2.45, 2.75) is 12.3 Å². The third kappa shape index (κ3) is 2.40. The second-order valence-corrected chi connectivity index (χ2v) is 4.25. The van der Waals surface area contributed by atoms with Crippen LogP contribution >= 0.6 is 0 Å². The summed E-state index contributed by atoms with van der Waals surface area (Å²) in [6.45, 7) is 1.76. The molecule has 0 bridgehead atoms. The molecule has 1 saturated heterocycles. The van der Waals surface area contributed by atoms with E-state index in [0.29, 0.717) is 0 Å². The Bertz CT molecular complexity index is 436. The van der Waals surface area contributed by atoms with Gasteiger partial charge in [-0.25, -0.2) is 4.39 Å². The second-order valence-electron chi connectivity index (χ2n) is 4.25. The molecule has 1 N–H and O–H groups in total. The minimum atomic E-state index is -0.406. The Morgan fingerprint density at radius 2 is 2.41 bits per heavy atom. The van der Waals surface area contributed by atoms with Gasteiger partial charge in [0.1, 0.15) is 0 Å². The molecule has 0 radical (unpaired) electrons. The van der Waals surface area contributed by atoms with Crippen molar-refractivity contribution in [1.29, 1.82) is 5.26 Å². The smallest absolute Gasteiger partial charge is 0.165 e. The van der Waals surface area contributed by atoms with E-state index in [4.69, 9.17) is 4.74 Å². The third-order valence-corrected chi connectivity index (χ3v) is 3.24. The fourth-order valence-electron chi connectivity index (χ4n) is 2.29. The van der Waals surface area contributed by atoms with E-state index in [2.05, 4.69) is 11.4 Å². The van der Waals surface area contributed by atoms with Gasteiger partial charge < -0.3 is 10.1 Å². The summed E-state index contributed by atoms with van der Waals surface area (Å²) in [5, 5.41) is 12.5. The van der Waals surface area contributed by atoms with Crippen LogP contribution < -0.4 is 10.1 Å². The van der Waals surface area contributed by atoms with Crippen molar-refractivity contribution in [2.75, 3.05) is 20.2 Å². The lowest BCUT2D eigenvalue weighted by molar-refractivity contribution is 0.385. The molecule has 1 aliphatic rings. The van der Waals surface area contributed by atoms with E-state index >= 15 is 0 Å². The first-order valence-corrected chi connectivity index (χ1v) is 5.70. The van der Waals surface area contributed by atoms with Crippen molar-refractivity contribution in [1.82, 2.24) is 5.32 Å². The van der Waals surface area contributed by atoms with Crippen molar-refractivity contribution in [3.05, 3.63) is 29.6 Å². The van der Waals surface area contributed by atoms with Crippen LogP contribution in [0.15, 0.2) is 18.2 Å². The Labute approximate surface area is 100 Å². The molecule has 0 aliphatic carbocycles. The zero-order valence-corrected chi connectivity index (χ0v) is 9.74. The summed E-state index contributed by atoms with van der Waals surface area (Å²) in [5.41, 5.74) is 0.736. The molecule has 3 nitrogen and oxygen atoms in total. The van der Waals surface area contributed by atoms with Crippen molar-refractivity contribution in [3.8, 4) is 11.8 Å². The normalized spacial score (nSPS) is 20.9.